The van der Waals surface area contributed by atoms with Crippen LogP contribution in [0.4, 0.5) is 0 Å². The maximum Gasteiger partial charge on any atom is 0.305 e. The first-order valence-corrected chi connectivity index (χ1v) is 9.73. The highest BCUT2D eigenvalue weighted by atomic mass is 32.2. The largest absolute Gasteiger partial charge is 0.481 e. The molecule has 140 valence electrons. The van der Waals surface area contributed by atoms with E-state index >= 15 is 0 Å². The molecule has 0 unspecified atom stereocenters. The Hall–Kier alpha value is -2.38. The van der Waals surface area contributed by atoms with E-state index in [0.717, 1.165) is 22.6 Å². The van der Waals surface area contributed by atoms with Crippen LogP contribution in [-0.4, -0.2) is 37.3 Å². The number of thiocarbonyl (C=S) groups is 1. The zero-order valence-corrected chi connectivity index (χ0v) is 17.0. The third-order valence-electron chi connectivity index (χ3n) is 4.47. The van der Waals surface area contributed by atoms with Crippen molar-refractivity contribution in [2.45, 2.75) is 27.2 Å². The van der Waals surface area contributed by atoms with Crippen molar-refractivity contribution in [1.82, 2.24) is 9.47 Å². The minimum atomic E-state index is -0.949. The van der Waals surface area contributed by atoms with Gasteiger partial charge in [0.2, 0.25) is 0 Å². The van der Waals surface area contributed by atoms with E-state index in [1.807, 2.05) is 26.0 Å². The minimum Gasteiger partial charge on any atom is -0.481 e. The van der Waals surface area contributed by atoms with Gasteiger partial charge in [0.15, 0.2) is 0 Å². The summed E-state index contributed by atoms with van der Waals surface area (Å²) in [4.78, 5) is 25.3. The van der Waals surface area contributed by atoms with Gasteiger partial charge in [-0.3, -0.25) is 14.5 Å². The smallest absolute Gasteiger partial charge is 0.305 e. The standard InChI is InChI=1S/C20H20N2O3S2/c1-12-4-6-16(7-5-12)22-13(2)10-15(14(22)3)11-17-19(25)21(20(26)27-17)9-8-18(23)24/h4-7,10-11H,8-9H2,1-3H3,(H,23,24)/b17-11-. The summed E-state index contributed by atoms with van der Waals surface area (Å²) in [5, 5.41) is 8.84. The Bertz CT molecular complexity index is 958. The highest BCUT2D eigenvalue weighted by molar-refractivity contribution is 8.26. The molecular weight excluding hydrogens is 380 g/mol. The van der Waals surface area contributed by atoms with E-state index in [-0.39, 0.29) is 18.9 Å². The van der Waals surface area contributed by atoms with Gasteiger partial charge < -0.3 is 9.67 Å². The molecule has 0 atom stereocenters. The van der Waals surface area contributed by atoms with Crippen molar-refractivity contribution >= 4 is 46.3 Å². The van der Waals surface area contributed by atoms with Crippen LogP contribution < -0.4 is 0 Å². The average Bonchev–Trinajstić information content (AvgIpc) is 3.03. The van der Waals surface area contributed by atoms with Crippen molar-refractivity contribution in [2.24, 2.45) is 0 Å². The van der Waals surface area contributed by atoms with Gasteiger partial charge in [0.25, 0.3) is 5.91 Å². The first-order valence-electron chi connectivity index (χ1n) is 8.51. The summed E-state index contributed by atoms with van der Waals surface area (Å²) in [6.45, 7) is 6.20. The lowest BCUT2D eigenvalue weighted by molar-refractivity contribution is -0.137. The van der Waals surface area contributed by atoms with Crippen molar-refractivity contribution in [3.05, 3.63) is 57.8 Å². The van der Waals surface area contributed by atoms with Crippen LogP contribution >= 0.6 is 24.0 Å². The van der Waals surface area contributed by atoms with E-state index in [9.17, 15) is 9.59 Å². The van der Waals surface area contributed by atoms with Gasteiger partial charge in [-0.2, -0.15) is 0 Å². The third-order valence-corrected chi connectivity index (χ3v) is 5.85. The Morgan fingerprint density at radius 3 is 2.52 bits per heavy atom. The number of aromatic nitrogens is 1. The number of thioether (sulfide) groups is 1. The van der Waals surface area contributed by atoms with Crippen molar-refractivity contribution in [3.63, 3.8) is 0 Å². The number of hydrogen-bond donors (Lipinski definition) is 1. The molecule has 2 heterocycles. The molecule has 0 spiro atoms. The average molecular weight is 401 g/mol. The van der Waals surface area contributed by atoms with Gasteiger partial charge in [-0.05, 0) is 50.6 Å². The van der Waals surface area contributed by atoms with Gasteiger partial charge in [0.05, 0.1) is 11.3 Å². The summed E-state index contributed by atoms with van der Waals surface area (Å²) in [5.74, 6) is -1.18. The third kappa shape index (κ3) is 3.99. The summed E-state index contributed by atoms with van der Waals surface area (Å²) in [7, 11) is 0. The molecule has 0 saturated carbocycles. The number of rotatable bonds is 5. The number of carbonyl (C=O) groups excluding carboxylic acids is 1. The van der Waals surface area contributed by atoms with E-state index in [1.54, 1.807) is 0 Å². The fraction of sp³-hybridized carbons (Fsp3) is 0.250. The predicted octanol–water partition coefficient (Wildman–Crippen LogP) is 4.08. The lowest BCUT2D eigenvalue weighted by Gasteiger charge is -2.12. The fourth-order valence-corrected chi connectivity index (χ4v) is 4.37. The van der Waals surface area contributed by atoms with E-state index in [4.69, 9.17) is 17.3 Å². The maximum atomic E-state index is 12.6. The number of carbonyl (C=O) groups is 2. The van der Waals surface area contributed by atoms with Crippen molar-refractivity contribution in [2.75, 3.05) is 6.54 Å². The quantitative estimate of drug-likeness (QED) is 0.605. The molecule has 1 amide bonds. The lowest BCUT2D eigenvalue weighted by Crippen LogP contribution is -2.30. The molecule has 1 aliphatic rings. The number of aryl methyl sites for hydroxylation is 2. The molecular formula is C20H20N2O3S2. The van der Waals surface area contributed by atoms with Gasteiger partial charge in [-0.25, -0.2) is 0 Å². The molecule has 2 aromatic rings. The number of carboxylic acids is 1. The number of carboxylic acid groups (broad SMARTS) is 1. The summed E-state index contributed by atoms with van der Waals surface area (Å²) < 4.78 is 2.55. The molecule has 1 fully saturated rings. The van der Waals surface area contributed by atoms with Crippen LogP contribution in [0.2, 0.25) is 0 Å². The Labute approximate surface area is 167 Å². The molecule has 7 heteroatoms. The molecule has 5 nitrogen and oxygen atoms in total. The minimum absolute atomic E-state index is 0.0970. The van der Waals surface area contributed by atoms with Crippen molar-refractivity contribution in [1.29, 1.82) is 0 Å². The molecule has 1 saturated heterocycles. The van der Waals surface area contributed by atoms with Crippen LogP contribution in [0.1, 0.15) is 28.9 Å². The van der Waals surface area contributed by atoms with Crippen LogP contribution in [0.25, 0.3) is 11.8 Å². The summed E-state index contributed by atoms with van der Waals surface area (Å²) in [6, 6.07) is 10.3. The molecule has 0 bridgehead atoms. The van der Waals surface area contributed by atoms with Gasteiger partial charge in [0, 0.05) is 23.6 Å². The second-order valence-corrected chi connectivity index (χ2v) is 8.15. The first-order chi connectivity index (χ1) is 12.8. The van der Waals surface area contributed by atoms with Crippen LogP contribution in [0.15, 0.2) is 35.2 Å². The van der Waals surface area contributed by atoms with Crippen LogP contribution in [0, 0.1) is 20.8 Å². The molecule has 1 aliphatic heterocycles. The Balaban J connectivity index is 1.91. The molecule has 1 aromatic heterocycles. The van der Waals surface area contributed by atoms with Crippen LogP contribution in [-0.2, 0) is 9.59 Å². The van der Waals surface area contributed by atoms with Gasteiger partial charge in [0.1, 0.15) is 4.32 Å². The van der Waals surface area contributed by atoms with E-state index in [0.29, 0.717) is 9.23 Å². The number of hydrogen-bond acceptors (Lipinski definition) is 4. The number of nitrogens with zero attached hydrogens (tertiary/aromatic N) is 2. The zero-order valence-electron chi connectivity index (χ0n) is 15.4. The first kappa shape index (κ1) is 19.4. The van der Waals surface area contributed by atoms with Crippen molar-refractivity contribution in [3.8, 4) is 5.69 Å². The highest BCUT2D eigenvalue weighted by Crippen LogP contribution is 2.34. The Kier molecular flexibility index (Phi) is 5.53. The molecule has 27 heavy (non-hydrogen) atoms. The molecule has 1 aromatic carbocycles. The summed E-state index contributed by atoms with van der Waals surface area (Å²) in [6.07, 6.45) is 1.72. The zero-order chi connectivity index (χ0) is 19.7. The molecule has 1 N–H and O–H groups in total. The van der Waals surface area contributed by atoms with Gasteiger partial charge >= 0.3 is 5.97 Å². The van der Waals surface area contributed by atoms with Crippen LogP contribution in [0.3, 0.4) is 0 Å². The summed E-state index contributed by atoms with van der Waals surface area (Å²) >= 11 is 6.46. The van der Waals surface area contributed by atoms with Gasteiger partial charge in [-0.15, -0.1) is 0 Å². The van der Waals surface area contributed by atoms with E-state index in [1.165, 1.54) is 22.2 Å². The number of aliphatic carboxylic acids is 1. The predicted molar refractivity (Wildman–Crippen MR) is 112 cm³/mol. The van der Waals surface area contributed by atoms with Crippen molar-refractivity contribution < 1.29 is 14.7 Å². The molecule has 3 rings (SSSR count). The second-order valence-electron chi connectivity index (χ2n) is 6.47. The summed E-state index contributed by atoms with van der Waals surface area (Å²) in [5.41, 5.74) is 5.33. The number of benzene rings is 1. The monoisotopic (exact) mass is 400 g/mol. The second kappa shape index (κ2) is 7.70. The normalized spacial score (nSPS) is 15.8. The SMILES string of the molecule is Cc1ccc(-n2c(C)cc(/C=C3\SC(=S)N(CCC(=O)O)C3=O)c2C)cc1. The lowest BCUT2D eigenvalue weighted by atomic mass is 10.2. The Morgan fingerprint density at radius 2 is 1.89 bits per heavy atom. The number of amides is 1. The van der Waals surface area contributed by atoms with Gasteiger partial charge in [-0.1, -0.05) is 41.7 Å². The highest BCUT2D eigenvalue weighted by Gasteiger charge is 2.32. The fourth-order valence-electron chi connectivity index (χ4n) is 3.07. The Morgan fingerprint density at radius 1 is 1.22 bits per heavy atom. The van der Waals surface area contributed by atoms with Crippen LogP contribution in [0.5, 0.6) is 0 Å². The molecule has 0 radical (unpaired) electrons. The van der Waals surface area contributed by atoms with E-state index in [2.05, 4.69) is 35.8 Å². The van der Waals surface area contributed by atoms with E-state index < -0.39 is 5.97 Å². The maximum absolute atomic E-state index is 12.6. The topological polar surface area (TPSA) is 62.5 Å². The molecule has 0 aliphatic carbocycles.